The van der Waals surface area contributed by atoms with E-state index in [0.717, 1.165) is 12.8 Å². The van der Waals surface area contributed by atoms with Crippen LogP contribution in [0.1, 0.15) is 97.8 Å². The van der Waals surface area contributed by atoms with E-state index in [-0.39, 0.29) is 0 Å². The number of unbranched alkanes of at least 4 members (excludes halogenated alkanes) is 9. The summed E-state index contributed by atoms with van der Waals surface area (Å²) in [5.41, 5.74) is 0. The molecule has 0 aliphatic carbocycles. The highest BCUT2D eigenvalue weighted by Gasteiger charge is 2.19. The van der Waals surface area contributed by atoms with Crippen molar-refractivity contribution in [2.45, 2.75) is 104 Å². The average Bonchev–Trinajstić information content (AvgIpc) is 2.48. The molecule has 0 amide bonds. The fourth-order valence-corrected chi connectivity index (χ4v) is 3.02. The fourth-order valence-electron chi connectivity index (χ4n) is 2.73. The summed E-state index contributed by atoms with van der Waals surface area (Å²) in [5, 5.41) is 12.2. The van der Waals surface area contributed by atoms with Gasteiger partial charge < -0.3 is 10.4 Å². The first kappa shape index (κ1) is 22.4. The van der Waals surface area contributed by atoms with Gasteiger partial charge in [-0.05, 0) is 25.2 Å². The normalized spacial score (nSPS) is 12.3. The van der Waals surface area contributed by atoms with Crippen LogP contribution in [0.3, 0.4) is 0 Å². The molecule has 0 bridgehead atoms. The van der Waals surface area contributed by atoms with Gasteiger partial charge in [-0.2, -0.15) is 0 Å². The second kappa shape index (κ2) is 14.9. The van der Waals surface area contributed by atoms with Crippen molar-refractivity contribution in [2.24, 2.45) is 5.92 Å². The van der Waals surface area contributed by atoms with Crippen molar-refractivity contribution in [2.75, 3.05) is 0 Å². The number of carboxylic acid groups (broad SMARTS) is 1. The van der Waals surface area contributed by atoms with Gasteiger partial charge in [0.15, 0.2) is 0 Å². The monoisotopic (exact) mass is 343 g/mol. The van der Waals surface area contributed by atoms with E-state index in [9.17, 15) is 9.90 Å². The lowest BCUT2D eigenvalue weighted by Gasteiger charge is -2.18. The standard InChI is InChI=1S/C19H37NO2S/c1-4-5-6-7-8-9-10-11-12-13-14-18(23)20-17(19(21)22)15-16(2)3/h16-17H,4-15H2,1-3H3,(H,20,23)(H,21,22). The van der Waals surface area contributed by atoms with Crippen LogP contribution in [-0.2, 0) is 4.79 Å². The largest absolute Gasteiger partial charge is 0.480 e. The molecule has 3 nitrogen and oxygen atoms in total. The Morgan fingerprint density at radius 3 is 1.87 bits per heavy atom. The second-order valence-electron chi connectivity index (χ2n) is 7.02. The van der Waals surface area contributed by atoms with Crippen LogP contribution in [0.15, 0.2) is 0 Å². The molecule has 23 heavy (non-hydrogen) atoms. The molecule has 0 saturated heterocycles. The molecule has 0 aliphatic heterocycles. The van der Waals surface area contributed by atoms with E-state index in [4.69, 9.17) is 12.2 Å². The summed E-state index contributed by atoms with van der Waals surface area (Å²) in [5.74, 6) is -0.451. The highest BCUT2D eigenvalue weighted by Crippen LogP contribution is 2.12. The van der Waals surface area contributed by atoms with E-state index in [1.54, 1.807) is 0 Å². The molecule has 4 heteroatoms. The highest BCUT2D eigenvalue weighted by atomic mass is 32.1. The number of rotatable bonds is 15. The van der Waals surface area contributed by atoms with Crippen LogP contribution in [0, 0.1) is 5.92 Å². The minimum Gasteiger partial charge on any atom is -0.480 e. The molecule has 0 heterocycles. The molecule has 1 unspecified atom stereocenters. The summed E-state index contributed by atoms with van der Waals surface area (Å²) < 4.78 is 0. The maximum absolute atomic E-state index is 11.2. The van der Waals surface area contributed by atoms with Crippen LogP contribution in [-0.4, -0.2) is 22.1 Å². The van der Waals surface area contributed by atoms with Gasteiger partial charge in [0.05, 0.1) is 4.99 Å². The first-order chi connectivity index (χ1) is 11.0. The Hall–Kier alpha value is -0.640. The summed E-state index contributed by atoms with van der Waals surface area (Å²) in [4.78, 5) is 11.9. The number of carbonyl (C=O) groups is 1. The molecule has 0 aromatic carbocycles. The molecule has 0 rings (SSSR count). The number of hydrogen-bond acceptors (Lipinski definition) is 2. The third-order valence-corrected chi connectivity index (χ3v) is 4.42. The zero-order valence-electron chi connectivity index (χ0n) is 15.4. The van der Waals surface area contributed by atoms with Crippen molar-refractivity contribution in [1.29, 1.82) is 0 Å². The quantitative estimate of drug-likeness (QED) is 0.295. The van der Waals surface area contributed by atoms with Crippen molar-refractivity contribution >= 4 is 23.2 Å². The SMILES string of the molecule is CCCCCCCCCCCCC(=S)NC(CC(C)C)C(=O)O. The van der Waals surface area contributed by atoms with Crippen molar-refractivity contribution in [3.63, 3.8) is 0 Å². The van der Waals surface area contributed by atoms with E-state index >= 15 is 0 Å². The van der Waals surface area contributed by atoms with E-state index in [1.165, 1.54) is 57.8 Å². The molecule has 0 aromatic rings. The smallest absolute Gasteiger partial charge is 0.326 e. The Balaban J connectivity index is 3.57. The number of carboxylic acids is 1. The van der Waals surface area contributed by atoms with Crippen molar-refractivity contribution in [1.82, 2.24) is 5.32 Å². The zero-order chi connectivity index (χ0) is 17.5. The number of aliphatic carboxylic acids is 1. The Kier molecular flexibility index (Phi) is 14.5. The highest BCUT2D eigenvalue weighted by molar-refractivity contribution is 7.80. The van der Waals surface area contributed by atoms with Crippen molar-refractivity contribution in [3.8, 4) is 0 Å². The molecular weight excluding hydrogens is 306 g/mol. The van der Waals surface area contributed by atoms with Gasteiger partial charge in [-0.25, -0.2) is 4.79 Å². The molecule has 0 aromatic heterocycles. The predicted octanol–water partition coefficient (Wildman–Crippen LogP) is 5.71. The van der Waals surface area contributed by atoms with Crippen LogP contribution < -0.4 is 5.32 Å². The van der Waals surface area contributed by atoms with Crippen LogP contribution >= 0.6 is 12.2 Å². The maximum Gasteiger partial charge on any atom is 0.326 e. The molecule has 0 fully saturated rings. The maximum atomic E-state index is 11.2. The molecular formula is C19H37NO2S. The van der Waals surface area contributed by atoms with Crippen LogP contribution in [0.25, 0.3) is 0 Å². The lowest BCUT2D eigenvalue weighted by Crippen LogP contribution is -2.40. The summed E-state index contributed by atoms with van der Waals surface area (Å²) in [6.45, 7) is 6.31. The van der Waals surface area contributed by atoms with Gasteiger partial charge >= 0.3 is 5.97 Å². The molecule has 1 atom stereocenters. The lowest BCUT2D eigenvalue weighted by molar-refractivity contribution is -0.139. The average molecular weight is 344 g/mol. The molecule has 0 radical (unpaired) electrons. The van der Waals surface area contributed by atoms with Gasteiger partial charge in [0.2, 0.25) is 0 Å². The Labute approximate surface area is 148 Å². The van der Waals surface area contributed by atoms with Crippen molar-refractivity contribution in [3.05, 3.63) is 0 Å². The van der Waals surface area contributed by atoms with Gasteiger partial charge in [0, 0.05) is 0 Å². The molecule has 0 spiro atoms. The number of nitrogens with one attached hydrogen (secondary N) is 1. The van der Waals surface area contributed by atoms with Gasteiger partial charge in [-0.15, -0.1) is 0 Å². The number of hydrogen-bond donors (Lipinski definition) is 2. The number of thiocarbonyl (C=S) groups is 1. The third-order valence-electron chi connectivity index (χ3n) is 4.10. The van der Waals surface area contributed by atoms with Crippen LogP contribution in [0.2, 0.25) is 0 Å². The first-order valence-corrected chi connectivity index (χ1v) is 9.90. The zero-order valence-corrected chi connectivity index (χ0v) is 16.2. The molecule has 136 valence electrons. The summed E-state index contributed by atoms with van der Waals surface area (Å²) in [6.07, 6.45) is 14.5. The van der Waals surface area contributed by atoms with E-state index in [1.807, 2.05) is 13.8 Å². The molecule has 2 N–H and O–H groups in total. The summed E-state index contributed by atoms with van der Waals surface area (Å²) in [7, 11) is 0. The van der Waals surface area contributed by atoms with E-state index in [2.05, 4.69) is 12.2 Å². The first-order valence-electron chi connectivity index (χ1n) is 9.49. The van der Waals surface area contributed by atoms with Crippen LogP contribution in [0.4, 0.5) is 0 Å². The van der Waals surface area contributed by atoms with Gasteiger partial charge in [-0.3, -0.25) is 0 Å². The third kappa shape index (κ3) is 14.7. The van der Waals surface area contributed by atoms with Gasteiger partial charge in [-0.1, -0.05) is 90.8 Å². The van der Waals surface area contributed by atoms with E-state index < -0.39 is 12.0 Å². The Morgan fingerprint density at radius 2 is 1.43 bits per heavy atom. The van der Waals surface area contributed by atoms with E-state index in [0.29, 0.717) is 17.3 Å². The predicted molar refractivity (Wildman–Crippen MR) is 103 cm³/mol. The molecule has 0 saturated carbocycles. The minimum absolute atomic E-state index is 0.351. The van der Waals surface area contributed by atoms with Crippen molar-refractivity contribution < 1.29 is 9.90 Å². The van der Waals surface area contributed by atoms with Gasteiger partial charge in [0.25, 0.3) is 0 Å². The summed E-state index contributed by atoms with van der Waals surface area (Å²) in [6, 6.07) is -0.536. The van der Waals surface area contributed by atoms with Crippen LogP contribution in [0.5, 0.6) is 0 Å². The lowest BCUT2D eigenvalue weighted by atomic mass is 10.0. The topological polar surface area (TPSA) is 49.3 Å². The Morgan fingerprint density at radius 1 is 0.957 bits per heavy atom. The van der Waals surface area contributed by atoms with Gasteiger partial charge in [0.1, 0.15) is 6.04 Å². The summed E-state index contributed by atoms with van der Waals surface area (Å²) >= 11 is 5.29. The Bertz CT molecular complexity index is 318. The minimum atomic E-state index is -0.802. The molecule has 0 aliphatic rings. The second-order valence-corrected chi connectivity index (χ2v) is 7.51. The fraction of sp³-hybridized carbons (Fsp3) is 0.895.